The van der Waals surface area contributed by atoms with Crippen LogP contribution in [0.15, 0.2) is 46.9 Å². The molecule has 26 heavy (non-hydrogen) atoms. The number of hydrogen-bond donors (Lipinski definition) is 3. The second-order valence-corrected chi connectivity index (χ2v) is 7.40. The molecule has 0 bridgehead atoms. The Hall–Kier alpha value is -1.72. The fourth-order valence-corrected chi connectivity index (χ4v) is 3.13. The lowest BCUT2D eigenvalue weighted by atomic mass is 10.2. The predicted molar refractivity (Wildman–Crippen MR) is 115 cm³/mol. The van der Waals surface area contributed by atoms with Crippen molar-refractivity contribution in [2.45, 2.75) is 6.92 Å². The average molecular weight is 548 g/mol. The summed E-state index contributed by atoms with van der Waals surface area (Å²) >= 11 is 10.4. The number of rotatable bonds is 4. The molecule has 3 N–H and O–H groups in total. The molecule has 136 valence electrons. The van der Waals surface area contributed by atoms with Crippen molar-refractivity contribution < 1.29 is 14.3 Å². The molecule has 2 rings (SSSR count). The number of hydrogen-bond acceptors (Lipinski definition) is 4. The summed E-state index contributed by atoms with van der Waals surface area (Å²) < 4.78 is 6.98. The van der Waals surface area contributed by atoms with Gasteiger partial charge in [0, 0.05) is 8.04 Å². The zero-order valence-corrected chi connectivity index (χ0v) is 18.2. The Morgan fingerprint density at radius 1 is 1.12 bits per heavy atom. The van der Waals surface area contributed by atoms with Gasteiger partial charge in [-0.15, -0.1) is 0 Å². The van der Waals surface area contributed by atoms with E-state index < -0.39 is 5.91 Å². The van der Waals surface area contributed by atoms with Crippen molar-refractivity contribution in [3.05, 3.63) is 61.6 Å². The summed E-state index contributed by atoms with van der Waals surface area (Å²) in [7, 11) is 0. The van der Waals surface area contributed by atoms with Crippen LogP contribution in [0.1, 0.15) is 27.6 Å². The highest BCUT2D eigenvalue weighted by Gasteiger charge is 2.15. The molecule has 0 spiro atoms. The van der Waals surface area contributed by atoms with Crippen molar-refractivity contribution in [3.8, 4) is 5.75 Å². The maximum absolute atomic E-state index is 12.4. The average Bonchev–Trinajstić information content (AvgIpc) is 2.61. The Labute approximate surface area is 178 Å². The smallest absolute Gasteiger partial charge is 0.270 e. The Bertz CT molecular complexity index is 848. The number of nitrogens with one attached hydrogen (secondary N) is 3. The van der Waals surface area contributed by atoms with E-state index in [4.69, 9.17) is 17.0 Å². The lowest BCUT2D eigenvalue weighted by Gasteiger charge is -2.13. The van der Waals surface area contributed by atoms with Gasteiger partial charge in [-0.25, -0.2) is 0 Å². The fourth-order valence-electron chi connectivity index (χ4n) is 1.99. The van der Waals surface area contributed by atoms with Gasteiger partial charge < -0.3 is 4.74 Å². The van der Waals surface area contributed by atoms with Crippen LogP contribution < -0.4 is 20.9 Å². The minimum Gasteiger partial charge on any atom is -0.493 e. The van der Waals surface area contributed by atoms with Gasteiger partial charge in [0.05, 0.1) is 17.7 Å². The van der Waals surface area contributed by atoms with Crippen LogP contribution in [0.4, 0.5) is 0 Å². The number of hydrazine groups is 1. The Kier molecular flexibility index (Phi) is 7.79. The first kappa shape index (κ1) is 20.6. The van der Waals surface area contributed by atoms with Crippen LogP contribution in [0.5, 0.6) is 5.75 Å². The van der Waals surface area contributed by atoms with Crippen molar-refractivity contribution in [2.24, 2.45) is 0 Å². The first-order valence-electron chi connectivity index (χ1n) is 7.51. The standard InChI is InChI=1S/C17H15BrIN3O3S/c1-2-25-14-8-7-10(18)9-12(14)15(23)20-17(26)22-21-16(24)11-5-3-4-6-13(11)19/h3-9H,2H2,1H3,(H,21,24)(H2,20,22,23,26). The number of benzene rings is 2. The van der Waals surface area contributed by atoms with E-state index in [0.29, 0.717) is 23.5 Å². The van der Waals surface area contributed by atoms with Crippen molar-refractivity contribution in [2.75, 3.05) is 6.61 Å². The van der Waals surface area contributed by atoms with Gasteiger partial charge in [-0.1, -0.05) is 28.1 Å². The lowest BCUT2D eigenvalue weighted by Crippen LogP contribution is -2.48. The van der Waals surface area contributed by atoms with Crippen LogP contribution in [0, 0.1) is 3.57 Å². The minimum atomic E-state index is -0.448. The van der Waals surface area contributed by atoms with Gasteiger partial charge in [0.25, 0.3) is 11.8 Å². The van der Waals surface area contributed by atoms with E-state index in [0.717, 1.165) is 8.04 Å². The normalized spacial score (nSPS) is 9.96. The van der Waals surface area contributed by atoms with Gasteiger partial charge in [-0.05, 0) is 72.1 Å². The largest absolute Gasteiger partial charge is 0.493 e. The first-order chi connectivity index (χ1) is 12.4. The topological polar surface area (TPSA) is 79.5 Å². The van der Waals surface area contributed by atoms with Crippen LogP contribution >= 0.6 is 50.7 Å². The Morgan fingerprint density at radius 3 is 2.54 bits per heavy atom. The zero-order chi connectivity index (χ0) is 19.1. The van der Waals surface area contributed by atoms with Crippen LogP contribution in [-0.2, 0) is 0 Å². The molecule has 0 saturated carbocycles. The van der Waals surface area contributed by atoms with Gasteiger partial charge >= 0.3 is 0 Å². The van der Waals surface area contributed by atoms with Crippen LogP contribution in [-0.4, -0.2) is 23.5 Å². The van der Waals surface area contributed by atoms with E-state index in [9.17, 15) is 9.59 Å². The number of carbonyl (C=O) groups is 2. The van der Waals surface area contributed by atoms with Gasteiger partial charge in [0.1, 0.15) is 5.75 Å². The molecule has 6 nitrogen and oxygen atoms in total. The molecule has 0 unspecified atom stereocenters. The molecule has 2 amide bonds. The van der Waals surface area contributed by atoms with Crippen molar-refractivity contribution in [1.29, 1.82) is 0 Å². The molecule has 0 radical (unpaired) electrons. The number of thiocarbonyl (C=S) groups is 1. The van der Waals surface area contributed by atoms with Gasteiger partial charge in [-0.3, -0.25) is 25.8 Å². The molecular weight excluding hydrogens is 533 g/mol. The molecule has 2 aromatic rings. The monoisotopic (exact) mass is 547 g/mol. The molecule has 2 aromatic carbocycles. The van der Waals surface area contributed by atoms with E-state index in [1.54, 1.807) is 30.3 Å². The Balaban J connectivity index is 1.98. The first-order valence-corrected chi connectivity index (χ1v) is 9.79. The summed E-state index contributed by atoms with van der Waals surface area (Å²) in [5.74, 6) is -0.362. The maximum Gasteiger partial charge on any atom is 0.270 e. The lowest BCUT2D eigenvalue weighted by molar-refractivity contribution is 0.0933. The van der Waals surface area contributed by atoms with E-state index in [-0.39, 0.29) is 11.0 Å². The predicted octanol–water partition coefficient (Wildman–Crippen LogP) is 3.40. The molecule has 9 heteroatoms. The van der Waals surface area contributed by atoms with Gasteiger partial charge in [0.15, 0.2) is 5.11 Å². The molecule has 0 aliphatic rings. The minimum absolute atomic E-state index is 0.0308. The third-order valence-corrected chi connectivity index (χ3v) is 4.76. The van der Waals surface area contributed by atoms with Crippen LogP contribution in [0.3, 0.4) is 0 Å². The quantitative estimate of drug-likeness (QED) is 0.311. The summed E-state index contributed by atoms with van der Waals surface area (Å²) in [5.41, 5.74) is 5.80. The summed E-state index contributed by atoms with van der Waals surface area (Å²) in [5, 5.41) is 2.48. The fraction of sp³-hybridized carbons (Fsp3) is 0.118. The van der Waals surface area contributed by atoms with Crippen molar-refractivity contribution in [1.82, 2.24) is 16.2 Å². The van der Waals surface area contributed by atoms with E-state index >= 15 is 0 Å². The number of ether oxygens (including phenoxy) is 1. The number of carbonyl (C=O) groups excluding carboxylic acids is 2. The van der Waals surface area contributed by atoms with E-state index in [2.05, 4.69) is 54.7 Å². The summed E-state index contributed by atoms with van der Waals surface area (Å²) in [6.07, 6.45) is 0. The highest BCUT2D eigenvalue weighted by molar-refractivity contribution is 14.1. The molecular formula is C17H15BrIN3O3S. The van der Waals surface area contributed by atoms with Crippen LogP contribution in [0.25, 0.3) is 0 Å². The van der Waals surface area contributed by atoms with Crippen molar-refractivity contribution >= 4 is 67.7 Å². The zero-order valence-electron chi connectivity index (χ0n) is 13.6. The molecule has 0 aliphatic heterocycles. The number of amides is 2. The second-order valence-electron chi connectivity index (χ2n) is 4.92. The highest BCUT2D eigenvalue weighted by Crippen LogP contribution is 2.23. The Morgan fingerprint density at radius 2 is 1.85 bits per heavy atom. The van der Waals surface area contributed by atoms with Gasteiger partial charge in [-0.2, -0.15) is 0 Å². The van der Waals surface area contributed by atoms with E-state index in [1.165, 1.54) is 0 Å². The van der Waals surface area contributed by atoms with Crippen molar-refractivity contribution in [3.63, 3.8) is 0 Å². The highest BCUT2D eigenvalue weighted by atomic mass is 127. The SMILES string of the molecule is CCOc1ccc(Br)cc1C(=O)NC(=S)NNC(=O)c1ccccc1I. The second kappa shape index (κ2) is 9.83. The van der Waals surface area contributed by atoms with E-state index in [1.807, 2.05) is 19.1 Å². The van der Waals surface area contributed by atoms with Gasteiger partial charge in [0.2, 0.25) is 0 Å². The molecule has 0 heterocycles. The third-order valence-electron chi connectivity index (χ3n) is 3.12. The third kappa shape index (κ3) is 5.64. The molecule has 0 fully saturated rings. The summed E-state index contributed by atoms with van der Waals surface area (Å²) in [6.45, 7) is 2.26. The van der Waals surface area contributed by atoms with Crippen LogP contribution in [0.2, 0.25) is 0 Å². The molecule has 0 atom stereocenters. The molecule has 0 saturated heterocycles. The summed E-state index contributed by atoms with van der Waals surface area (Å²) in [4.78, 5) is 24.6. The summed E-state index contributed by atoms with van der Waals surface area (Å²) in [6, 6.07) is 12.2. The number of halogens is 2. The maximum atomic E-state index is 12.4. The molecule has 0 aromatic heterocycles. The molecule has 0 aliphatic carbocycles.